The first-order valence-corrected chi connectivity index (χ1v) is 6.39. The van der Waals surface area contributed by atoms with E-state index in [1.807, 2.05) is 13.8 Å². The lowest BCUT2D eigenvalue weighted by molar-refractivity contribution is 0.0692. The van der Waals surface area contributed by atoms with Gasteiger partial charge >= 0.3 is 5.97 Å². The van der Waals surface area contributed by atoms with Crippen LogP contribution in [0.15, 0.2) is 18.2 Å². The fraction of sp³-hybridized carbons (Fsp3) is 0.500. The van der Waals surface area contributed by atoms with Crippen LogP contribution in [0, 0.1) is 5.82 Å². The summed E-state index contributed by atoms with van der Waals surface area (Å²) in [5.41, 5.74) is 0.0122. The second-order valence-electron chi connectivity index (χ2n) is 4.52. The Morgan fingerprint density at radius 1 is 1.42 bits per heavy atom. The van der Waals surface area contributed by atoms with E-state index in [1.165, 1.54) is 6.07 Å². The van der Waals surface area contributed by atoms with Crippen LogP contribution < -0.4 is 5.32 Å². The van der Waals surface area contributed by atoms with E-state index in [1.54, 1.807) is 6.07 Å². The fourth-order valence-electron chi connectivity index (χ4n) is 1.66. The van der Waals surface area contributed by atoms with E-state index in [4.69, 9.17) is 9.84 Å². The Hall–Kier alpha value is -1.62. The first kappa shape index (κ1) is 15.4. The summed E-state index contributed by atoms with van der Waals surface area (Å²) in [6, 6.07) is 4.20. The van der Waals surface area contributed by atoms with Gasteiger partial charge in [0.2, 0.25) is 0 Å². The number of rotatable bonds is 8. The quantitative estimate of drug-likeness (QED) is 0.712. The third-order valence-electron chi connectivity index (χ3n) is 2.57. The molecule has 0 heterocycles. The standard InChI is InChI=1S/C14H20FNO3/c1-10(2)19-9-4-3-8-16-12-7-5-6-11(15)13(12)14(17)18/h5-7,10,16H,3-4,8-9H2,1-2H3,(H,17,18). The van der Waals surface area contributed by atoms with Gasteiger partial charge in [0.25, 0.3) is 0 Å². The Kier molecular flexibility index (Phi) is 6.29. The molecular formula is C14H20FNO3. The molecule has 0 aliphatic rings. The average Bonchev–Trinajstić information content (AvgIpc) is 2.32. The highest BCUT2D eigenvalue weighted by molar-refractivity contribution is 5.94. The highest BCUT2D eigenvalue weighted by atomic mass is 19.1. The van der Waals surface area contributed by atoms with E-state index >= 15 is 0 Å². The SMILES string of the molecule is CC(C)OCCCCNc1cccc(F)c1C(=O)O. The lowest BCUT2D eigenvalue weighted by Gasteiger charge is -2.11. The van der Waals surface area contributed by atoms with E-state index in [2.05, 4.69) is 5.32 Å². The van der Waals surface area contributed by atoms with E-state index in [0.717, 1.165) is 18.9 Å². The molecule has 2 N–H and O–H groups in total. The summed E-state index contributed by atoms with van der Waals surface area (Å²) in [7, 11) is 0. The second kappa shape index (κ2) is 7.74. The number of benzene rings is 1. The molecule has 0 saturated heterocycles. The minimum absolute atomic E-state index is 0.217. The largest absolute Gasteiger partial charge is 0.478 e. The number of aromatic carboxylic acids is 1. The van der Waals surface area contributed by atoms with Crippen LogP contribution in [0.2, 0.25) is 0 Å². The molecule has 0 aromatic heterocycles. The number of carbonyl (C=O) groups is 1. The molecule has 0 unspecified atom stereocenters. The van der Waals surface area contributed by atoms with Gasteiger partial charge in [0.05, 0.1) is 11.8 Å². The zero-order valence-corrected chi connectivity index (χ0v) is 11.3. The van der Waals surface area contributed by atoms with Gasteiger partial charge in [-0.2, -0.15) is 0 Å². The molecule has 0 amide bonds. The van der Waals surface area contributed by atoms with Gasteiger partial charge < -0.3 is 15.2 Å². The number of ether oxygens (including phenoxy) is 1. The molecule has 0 bridgehead atoms. The zero-order chi connectivity index (χ0) is 14.3. The number of halogens is 1. The summed E-state index contributed by atoms with van der Waals surface area (Å²) in [5.74, 6) is -1.98. The van der Waals surface area contributed by atoms with Gasteiger partial charge in [-0.05, 0) is 38.8 Å². The molecule has 1 rings (SSSR count). The first-order chi connectivity index (χ1) is 9.02. The number of unbranched alkanes of at least 4 members (excludes halogenated alkanes) is 1. The van der Waals surface area contributed by atoms with Crippen LogP contribution >= 0.6 is 0 Å². The molecule has 0 saturated carbocycles. The summed E-state index contributed by atoms with van der Waals surface area (Å²) in [6.45, 7) is 5.22. The van der Waals surface area contributed by atoms with Crippen molar-refractivity contribution in [3.05, 3.63) is 29.6 Å². The Morgan fingerprint density at radius 2 is 2.16 bits per heavy atom. The Labute approximate surface area is 112 Å². The van der Waals surface area contributed by atoms with Crippen molar-refractivity contribution in [1.82, 2.24) is 0 Å². The molecule has 5 heteroatoms. The van der Waals surface area contributed by atoms with E-state index in [9.17, 15) is 9.18 Å². The number of hydrogen-bond donors (Lipinski definition) is 2. The number of carboxylic acid groups (broad SMARTS) is 1. The molecule has 0 radical (unpaired) electrons. The van der Waals surface area contributed by atoms with Gasteiger partial charge in [0.1, 0.15) is 11.4 Å². The topological polar surface area (TPSA) is 58.6 Å². The van der Waals surface area contributed by atoms with E-state index < -0.39 is 11.8 Å². The minimum Gasteiger partial charge on any atom is -0.478 e. The molecule has 1 aromatic rings. The highest BCUT2D eigenvalue weighted by Gasteiger charge is 2.14. The number of anilines is 1. The number of hydrogen-bond acceptors (Lipinski definition) is 3. The Morgan fingerprint density at radius 3 is 2.79 bits per heavy atom. The van der Waals surface area contributed by atoms with Gasteiger partial charge in [-0.15, -0.1) is 0 Å². The van der Waals surface area contributed by atoms with E-state index in [0.29, 0.717) is 18.8 Å². The maximum Gasteiger partial charge on any atom is 0.340 e. The van der Waals surface area contributed by atoms with Crippen molar-refractivity contribution in [1.29, 1.82) is 0 Å². The molecule has 19 heavy (non-hydrogen) atoms. The van der Waals surface area contributed by atoms with Gasteiger partial charge in [-0.3, -0.25) is 0 Å². The molecule has 0 spiro atoms. The van der Waals surface area contributed by atoms with Crippen LogP contribution in [-0.4, -0.2) is 30.3 Å². The lowest BCUT2D eigenvalue weighted by Crippen LogP contribution is -2.11. The molecule has 0 aliphatic carbocycles. The predicted octanol–water partition coefficient (Wildman–Crippen LogP) is 3.14. The van der Waals surface area contributed by atoms with Crippen molar-refractivity contribution in [3.63, 3.8) is 0 Å². The van der Waals surface area contributed by atoms with Crippen LogP contribution in [0.5, 0.6) is 0 Å². The molecule has 1 aromatic carbocycles. The third-order valence-corrected chi connectivity index (χ3v) is 2.57. The average molecular weight is 269 g/mol. The smallest absolute Gasteiger partial charge is 0.340 e. The van der Waals surface area contributed by atoms with Crippen molar-refractivity contribution in [2.24, 2.45) is 0 Å². The summed E-state index contributed by atoms with van der Waals surface area (Å²) in [4.78, 5) is 11.0. The number of nitrogens with one attached hydrogen (secondary N) is 1. The molecule has 0 aliphatic heterocycles. The second-order valence-corrected chi connectivity index (χ2v) is 4.52. The summed E-state index contributed by atoms with van der Waals surface area (Å²) >= 11 is 0. The number of carboxylic acids is 1. The Bertz CT molecular complexity index is 421. The lowest BCUT2D eigenvalue weighted by atomic mass is 10.1. The van der Waals surface area contributed by atoms with Gasteiger partial charge in [-0.25, -0.2) is 9.18 Å². The van der Waals surface area contributed by atoms with Crippen LogP contribution in [0.3, 0.4) is 0 Å². The van der Waals surface area contributed by atoms with Crippen LogP contribution in [0.25, 0.3) is 0 Å². The molecule has 4 nitrogen and oxygen atoms in total. The summed E-state index contributed by atoms with van der Waals surface area (Å²) in [5, 5.41) is 11.9. The summed E-state index contributed by atoms with van der Waals surface area (Å²) < 4.78 is 18.8. The van der Waals surface area contributed by atoms with Crippen molar-refractivity contribution < 1.29 is 19.0 Å². The van der Waals surface area contributed by atoms with Gasteiger partial charge in [0.15, 0.2) is 0 Å². The van der Waals surface area contributed by atoms with E-state index in [-0.39, 0.29) is 11.7 Å². The molecule has 106 valence electrons. The Balaban J connectivity index is 2.41. The van der Waals surface area contributed by atoms with Gasteiger partial charge in [-0.1, -0.05) is 6.07 Å². The van der Waals surface area contributed by atoms with Crippen LogP contribution in [0.1, 0.15) is 37.0 Å². The highest BCUT2D eigenvalue weighted by Crippen LogP contribution is 2.18. The maximum absolute atomic E-state index is 13.4. The third kappa shape index (κ3) is 5.26. The maximum atomic E-state index is 13.4. The molecule has 0 fully saturated rings. The first-order valence-electron chi connectivity index (χ1n) is 6.39. The predicted molar refractivity (Wildman–Crippen MR) is 72.2 cm³/mol. The van der Waals surface area contributed by atoms with Crippen LogP contribution in [0.4, 0.5) is 10.1 Å². The molecular weight excluding hydrogens is 249 g/mol. The van der Waals surface area contributed by atoms with Crippen molar-refractivity contribution in [2.45, 2.75) is 32.8 Å². The minimum atomic E-state index is -1.26. The monoisotopic (exact) mass is 269 g/mol. The van der Waals surface area contributed by atoms with Crippen molar-refractivity contribution in [2.75, 3.05) is 18.5 Å². The van der Waals surface area contributed by atoms with Gasteiger partial charge in [0, 0.05) is 13.2 Å². The molecule has 0 atom stereocenters. The van der Waals surface area contributed by atoms with Crippen LogP contribution in [-0.2, 0) is 4.74 Å². The normalized spacial score (nSPS) is 10.7. The fourth-order valence-corrected chi connectivity index (χ4v) is 1.66. The summed E-state index contributed by atoms with van der Waals surface area (Å²) in [6.07, 6.45) is 1.93. The zero-order valence-electron chi connectivity index (χ0n) is 11.3. The van der Waals surface area contributed by atoms with Crippen molar-refractivity contribution >= 4 is 11.7 Å². The van der Waals surface area contributed by atoms with Crippen molar-refractivity contribution in [3.8, 4) is 0 Å².